The van der Waals surface area contributed by atoms with Gasteiger partial charge in [-0.15, -0.1) is 0 Å². The van der Waals surface area contributed by atoms with Gasteiger partial charge in [-0.05, 0) is 79.7 Å². The van der Waals surface area contributed by atoms with Crippen LogP contribution in [-0.4, -0.2) is 24.5 Å². The van der Waals surface area contributed by atoms with Gasteiger partial charge in [0.2, 0.25) is 0 Å². The molecule has 1 radical (unpaired) electrons. The number of nitrogens with one attached hydrogen (secondary N) is 1. The molecule has 2 aliphatic heterocycles. The van der Waals surface area contributed by atoms with Gasteiger partial charge in [0, 0.05) is 50.7 Å². The van der Waals surface area contributed by atoms with Gasteiger partial charge >= 0.3 is 0 Å². The number of hydrogen-bond donors (Lipinski definition) is 1. The first-order chi connectivity index (χ1) is 18.3. The summed E-state index contributed by atoms with van der Waals surface area (Å²) < 4.78 is 2.43. The largest absolute Gasteiger partial charge is 0.355 e. The van der Waals surface area contributed by atoms with E-state index in [1.54, 1.807) is 0 Å². The van der Waals surface area contributed by atoms with E-state index in [1.807, 2.05) is 0 Å². The van der Waals surface area contributed by atoms with Crippen molar-refractivity contribution in [3.8, 4) is 0 Å². The minimum Gasteiger partial charge on any atom is -0.355 e. The van der Waals surface area contributed by atoms with Crippen LogP contribution >= 0.6 is 0 Å². The van der Waals surface area contributed by atoms with Crippen molar-refractivity contribution in [3.63, 3.8) is 0 Å². The van der Waals surface area contributed by atoms with E-state index in [4.69, 9.17) is 15.0 Å². The van der Waals surface area contributed by atoms with Crippen molar-refractivity contribution in [3.05, 3.63) is 64.4 Å². The van der Waals surface area contributed by atoms with Gasteiger partial charge in [-0.3, -0.25) is 0 Å². The quantitative estimate of drug-likeness (QED) is 0.205. The maximum absolute atomic E-state index is 5.40. The van der Waals surface area contributed by atoms with E-state index < -0.39 is 0 Å². The van der Waals surface area contributed by atoms with Crippen molar-refractivity contribution in [1.82, 2.24) is 24.5 Å². The molecule has 0 atom stereocenters. The second-order valence-electron chi connectivity index (χ2n) is 15.3. The van der Waals surface area contributed by atoms with E-state index in [0.29, 0.717) is 0 Å². The average Bonchev–Trinajstić information content (AvgIpc) is 3.53. The summed E-state index contributed by atoms with van der Waals surface area (Å²) >= 11 is 0. The van der Waals surface area contributed by atoms with E-state index in [-0.39, 0.29) is 38.9 Å². The van der Waals surface area contributed by atoms with Gasteiger partial charge in [-0.2, -0.15) is 0 Å². The van der Waals surface area contributed by atoms with Crippen LogP contribution in [0.4, 0.5) is 0 Å². The summed E-state index contributed by atoms with van der Waals surface area (Å²) in [6, 6.07) is 10.6. The Kier molecular flexibility index (Phi) is 7.63. The van der Waals surface area contributed by atoms with Gasteiger partial charge in [0.1, 0.15) is 5.65 Å². The van der Waals surface area contributed by atoms with Crippen LogP contribution in [-0.2, 0) is 33.4 Å². The molecule has 2 aliphatic rings. The molecule has 41 heavy (non-hydrogen) atoms. The number of fused-ring (bicyclic) bond motifs is 8. The smallest absolute Gasteiger partial charge is 0.136 e. The molecular formula is C35H45CuN5. The molecule has 0 saturated heterocycles. The molecule has 5 heterocycles. The molecule has 3 aromatic rings. The van der Waals surface area contributed by atoms with Gasteiger partial charge in [0.15, 0.2) is 0 Å². The maximum Gasteiger partial charge on any atom is 0.136 e. The van der Waals surface area contributed by atoms with Crippen molar-refractivity contribution >= 4 is 46.0 Å². The molecule has 1 N–H and O–H groups in total. The van der Waals surface area contributed by atoms with Crippen LogP contribution in [0.5, 0.6) is 0 Å². The second kappa shape index (κ2) is 10.1. The number of allylic oxidation sites excluding steroid dienone is 1. The number of aromatic amines is 1. The molecule has 5 nitrogen and oxygen atoms in total. The van der Waals surface area contributed by atoms with Crippen molar-refractivity contribution in [2.75, 3.05) is 0 Å². The van der Waals surface area contributed by atoms with Crippen LogP contribution in [0.1, 0.15) is 117 Å². The maximum atomic E-state index is 5.40. The second-order valence-corrected chi connectivity index (χ2v) is 15.3. The first kappa shape index (κ1) is 31.0. The third-order valence-electron chi connectivity index (χ3n) is 7.40. The summed E-state index contributed by atoms with van der Waals surface area (Å²) in [5.74, 6) is 0. The van der Waals surface area contributed by atoms with Crippen LogP contribution in [0.25, 0.3) is 46.0 Å². The first-order valence-electron chi connectivity index (χ1n) is 14.4. The molecule has 6 heteroatoms. The van der Waals surface area contributed by atoms with Crippen LogP contribution in [0, 0.1) is 5.41 Å². The number of H-pyrrole nitrogens is 1. The zero-order chi connectivity index (χ0) is 29.4. The van der Waals surface area contributed by atoms with Crippen LogP contribution in [0.2, 0.25) is 0 Å². The van der Waals surface area contributed by atoms with E-state index in [0.717, 1.165) is 45.2 Å². The molecule has 0 aliphatic carbocycles. The Labute approximate surface area is 256 Å². The van der Waals surface area contributed by atoms with Gasteiger partial charge in [-0.1, -0.05) is 62.3 Å². The molecule has 0 fully saturated rings. The number of hydrogen-bond acceptors (Lipinski definition) is 3. The predicted molar refractivity (Wildman–Crippen MR) is 171 cm³/mol. The van der Waals surface area contributed by atoms with Crippen molar-refractivity contribution in [1.29, 1.82) is 0 Å². The van der Waals surface area contributed by atoms with E-state index in [2.05, 4.69) is 141 Å². The monoisotopic (exact) mass is 598 g/mol. The third kappa shape index (κ3) is 6.01. The van der Waals surface area contributed by atoms with Gasteiger partial charge in [0.25, 0.3) is 0 Å². The number of nitrogens with zero attached hydrogens (tertiary/aromatic N) is 4. The Bertz CT molecular complexity index is 1720. The molecule has 3 aromatic heterocycles. The normalized spacial score (nSPS) is 14.2. The number of imidazole rings is 1. The molecule has 0 saturated carbocycles. The molecule has 0 aromatic carbocycles. The first-order valence-corrected chi connectivity index (χ1v) is 14.4. The topological polar surface area (TPSA) is 59.4 Å². The SMILES string of the molecule is CC(C)(C)C1=Cc2cc3ccc(cc4nc(cc5nc(C(C)(C)C)c(c(C(C)(C)C)c1n2)n5C(C)(C)C)C=C4)[nH]3.[Cu]. The third-order valence-corrected chi connectivity index (χ3v) is 7.40. The van der Waals surface area contributed by atoms with Crippen molar-refractivity contribution in [2.24, 2.45) is 5.41 Å². The van der Waals surface area contributed by atoms with Crippen molar-refractivity contribution < 1.29 is 17.1 Å². The fraction of sp³-hybridized carbons (Fsp3) is 0.457. The van der Waals surface area contributed by atoms with Crippen LogP contribution in [0.3, 0.4) is 0 Å². The average molecular weight is 599 g/mol. The van der Waals surface area contributed by atoms with Gasteiger partial charge < -0.3 is 9.55 Å². The molecular weight excluding hydrogens is 554 g/mol. The molecule has 221 valence electrons. The summed E-state index contributed by atoms with van der Waals surface area (Å²) in [5, 5.41) is 0. The summed E-state index contributed by atoms with van der Waals surface area (Å²) in [7, 11) is 0. The molecule has 5 rings (SSSR count). The fourth-order valence-electron chi connectivity index (χ4n) is 5.67. The van der Waals surface area contributed by atoms with E-state index in [1.165, 1.54) is 16.7 Å². The Morgan fingerprint density at radius 2 is 1.20 bits per heavy atom. The Hall–Kier alpha value is -2.95. The number of aromatic nitrogens is 5. The number of rotatable bonds is 0. The van der Waals surface area contributed by atoms with Gasteiger partial charge in [-0.25, -0.2) is 15.0 Å². The van der Waals surface area contributed by atoms with Crippen LogP contribution in [0.15, 0.2) is 30.3 Å². The summed E-state index contributed by atoms with van der Waals surface area (Å²) in [6.07, 6.45) is 6.42. The standard InChI is InChI=1S/C35H45N5.Cu/c1-32(2,3)26-19-25-18-23-14-13-21(36-23)17-22-15-16-24(37-22)20-27-39-31(34(7,8)9)30(40(27)35(10,11)12)28(29(26)38-25)33(4,5)6;/h13-20,36H,1-12H3;. The van der Waals surface area contributed by atoms with Crippen molar-refractivity contribution in [2.45, 2.75) is 99.5 Å². The molecule has 0 unspecified atom stereocenters. The minimum atomic E-state index is -0.233. The molecule has 0 spiro atoms. The minimum absolute atomic E-state index is 0. The Balaban J connectivity index is 0.00000387. The van der Waals surface area contributed by atoms with E-state index >= 15 is 0 Å². The van der Waals surface area contributed by atoms with Crippen LogP contribution < -0.4 is 0 Å². The zero-order valence-electron chi connectivity index (χ0n) is 26.7. The Morgan fingerprint density at radius 3 is 1.71 bits per heavy atom. The fourth-order valence-corrected chi connectivity index (χ4v) is 5.67. The zero-order valence-corrected chi connectivity index (χ0v) is 27.7. The summed E-state index contributed by atoms with van der Waals surface area (Å²) in [4.78, 5) is 19.2. The summed E-state index contributed by atoms with van der Waals surface area (Å²) in [5.41, 5.74) is 10.8. The predicted octanol–water partition coefficient (Wildman–Crippen LogP) is 9.29. The Morgan fingerprint density at radius 1 is 0.634 bits per heavy atom. The van der Waals surface area contributed by atoms with Gasteiger partial charge in [0.05, 0.1) is 34.0 Å². The molecule has 0 amide bonds. The summed E-state index contributed by atoms with van der Waals surface area (Å²) in [6.45, 7) is 27.3. The van der Waals surface area contributed by atoms with E-state index in [9.17, 15) is 0 Å². The molecule has 8 bridgehead atoms.